The van der Waals surface area contributed by atoms with E-state index in [1.165, 1.54) is 46.7 Å². The van der Waals surface area contributed by atoms with Gasteiger partial charge in [0.25, 0.3) is 0 Å². The van der Waals surface area contributed by atoms with Crippen LogP contribution in [0.25, 0.3) is 6.08 Å². The Morgan fingerprint density at radius 3 is 2.21 bits per heavy atom. The highest BCUT2D eigenvalue weighted by Gasteiger charge is 2.18. The topological polar surface area (TPSA) is 77.5 Å². The number of aromatic hydroxyl groups is 1. The number of ether oxygens (including phenoxy) is 4. The fraction of sp³-hybridized carbons (Fsp3) is 0.423. The molecule has 2 aromatic rings. The largest absolute Gasteiger partial charge is 0.507 e. The molecule has 1 saturated heterocycles. The molecular formula is C26H33NO6. The van der Waals surface area contributed by atoms with Crippen molar-refractivity contribution in [2.45, 2.75) is 32.7 Å². The van der Waals surface area contributed by atoms with Gasteiger partial charge < -0.3 is 24.1 Å². The number of hydrogen-bond acceptors (Lipinski definition) is 7. The molecule has 0 atom stereocenters. The van der Waals surface area contributed by atoms with Crippen LogP contribution in [0.2, 0.25) is 0 Å². The van der Waals surface area contributed by atoms with Crippen molar-refractivity contribution in [1.82, 2.24) is 4.90 Å². The molecule has 0 saturated carbocycles. The van der Waals surface area contributed by atoms with Crippen LogP contribution in [-0.4, -0.2) is 56.8 Å². The van der Waals surface area contributed by atoms with E-state index in [0.717, 1.165) is 18.7 Å². The number of methoxy groups -OCH3 is 3. The Morgan fingerprint density at radius 2 is 1.64 bits per heavy atom. The highest BCUT2D eigenvalue weighted by molar-refractivity contribution is 6.08. The number of likely N-dealkylation sites (tertiary alicyclic amines) is 1. The molecule has 2 aromatic carbocycles. The third-order valence-corrected chi connectivity index (χ3v) is 5.70. The van der Waals surface area contributed by atoms with E-state index in [-0.39, 0.29) is 17.1 Å². The molecule has 7 nitrogen and oxygen atoms in total. The first-order valence-electron chi connectivity index (χ1n) is 11.2. The number of hydrogen-bond donors (Lipinski definition) is 1. The van der Waals surface area contributed by atoms with Gasteiger partial charge in [-0.05, 0) is 62.7 Å². The molecule has 0 aliphatic carbocycles. The van der Waals surface area contributed by atoms with Crippen LogP contribution in [0.15, 0.2) is 30.3 Å². The quantitative estimate of drug-likeness (QED) is 0.411. The standard InChI is InChI=1S/C26H33NO6/c1-5-33-23-16-22(29)20(15-19(23)17-27-11-7-6-8-12-27)21(28)10-9-18-13-24(30-2)26(32-4)25(14-18)31-3/h9-10,13-16,29H,5-8,11-12,17H2,1-4H3/b10-9+. The number of benzene rings is 2. The molecule has 0 radical (unpaired) electrons. The predicted molar refractivity (Wildman–Crippen MR) is 128 cm³/mol. The van der Waals surface area contributed by atoms with E-state index >= 15 is 0 Å². The highest BCUT2D eigenvalue weighted by Crippen LogP contribution is 2.38. The number of rotatable bonds is 10. The first-order valence-corrected chi connectivity index (χ1v) is 11.2. The second-order valence-electron chi connectivity index (χ2n) is 7.90. The van der Waals surface area contributed by atoms with E-state index in [0.29, 0.717) is 41.7 Å². The number of allylic oxidation sites excluding steroid dienone is 1. The maximum atomic E-state index is 13.0. The van der Waals surface area contributed by atoms with Gasteiger partial charge in [-0.3, -0.25) is 9.69 Å². The van der Waals surface area contributed by atoms with E-state index in [2.05, 4.69) is 4.90 Å². The summed E-state index contributed by atoms with van der Waals surface area (Å²) in [5, 5.41) is 10.5. The fourth-order valence-electron chi connectivity index (χ4n) is 4.04. The Bertz CT molecular complexity index is 970. The molecule has 33 heavy (non-hydrogen) atoms. The van der Waals surface area contributed by atoms with Gasteiger partial charge in [0.2, 0.25) is 5.75 Å². The average molecular weight is 456 g/mol. The van der Waals surface area contributed by atoms with Crippen LogP contribution in [-0.2, 0) is 6.54 Å². The highest BCUT2D eigenvalue weighted by atomic mass is 16.5. The van der Waals surface area contributed by atoms with Crippen LogP contribution in [0.1, 0.15) is 47.7 Å². The van der Waals surface area contributed by atoms with E-state index in [1.54, 1.807) is 30.3 Å². The second kappa shape index (κ2) is 11.6. The number of carbonyl (C=O) groups is 1. The van der Waals surface area contributed by atoms with Gasteiger partial charge in [-0.15, -0.1) is 0 Å². The van der Waals surface area contributed by atoms with Gasteiger partial charge in [-0.25, -0.2) is 0 Å². The van der Waals surface area contributed by atoms with Crippen molar-refractivity contribution in [3.8, 4) is 28.7 Å². The van der Waals surface area contributed by atoms with Crippen LogP contribution in [0.5, 0.6) is 28.7 Å². The van der Waals surface area contributed by atoms with Crippen molar-refractivity contribution in [3.63, 3.8) is 0 Å². The summed E-state index contributed by atoms with van der Waals surface area (Å²) in [6.07, 6.45) is 6.68. The summed E-state index contributed by atoms with van der Waals surface area (Å²) in [6.45, 7) is 5.13. The molecule has 1 heterocycles. The number of ketones is 1. The van der Waals surface area contributed by atoms with Gasteiger partial charge in [0.1, 0.15) is 11.5 Å². The molecule has 0 amide bonds. The lowest BCUT2D eigenvalue weighted by molar-refractivity contribution is 0.104. The molecule has 0 aromatic heterocycles. The maximum absolute atomic E-state index is 13.0. The first-order chi connectivity index (χ1) is 16.0. The Balaban J connectivity index is 1.88. The molecule has 178 valence electrons. The van der Waals surface area contributed by atoms with Gasteiger partial charge in [0.05, 0.1) is 33.5 Å². The summed E-state index contributed by atoms with van der Waals surface area (Å²) >= 11 is 0. The van der Waals surface area contributed by atoms with Crippen LogP contribution in [0.3, 0.4) is 0 Å². The molecule has 0 spiro atoms. The number of nitrogens with zero attached hydrogens (tertiary/aromatic N) is 1. The minimum absolute atomic E-state index is 0.0969. The number of carbonyl (C=O) groups excluding carboxylic acids is 1. The van der Waals surface area contributed by atoms with Crippen LogP contribution >= 0.6 is 0 Å². The number of piperidine rings is 1. The summed E-state index contributed by atoms with van der Waals surface area (Å²) in [5.74, 6) is 1.69. The van der Waals surface area contributed by atoms with E-state index in [1.807, 2.05) is 6.92 Å². The Hall–Kier alpha value is -3.19. The number of phenolic OH excluding ortho intramolecular Hbond substituents is 1. The summed E-state index contributed by atoms with van der Waals surface area (Å²) in [7, 11) is 4.62. The third-order valence-electron chi connectivity index (χ3n) is 5.70. The molecule has 1 N–H and O–H groups in total. The molecule has 3 rings (SSSR count). The van der Waals surface area contributed by atoms with Crippen molar-refractivity contribution in [1.29, 1.82) is 0 Å². The Morgan fingerprint density at radius 1 is 0.970 bits per heavy atom. The smallest absolute Gasteiger partial charge is 0.203 e. The SMILES string of the molecule is CCOc1cc(O)c(C(=O)/C=C/c2cc(OC)c(OC)c(OC)c2)cc1CN1CCCCC1. The van der Waals surface area contributed by atoms with Gasteiger partial charge in [-0.2, -0.15) is 0 Å². The van der Waals surface area contributed by atoms with Crippen LogP contribution in [0.4, 0.5) is 0 Å². The van der Waals surface area contributed by atoms with E-state index < -0.39 is 0 Å². The Kier molecular flexibility index (Phi) is 8.60. The van der Waals surface area contributed by atoms with E-state index in [9.17, 15) is 9.90 Å². The minimum atomic E-state index is -0.302. The monoisotopic (exact) mass is 455 g/mol. The van der Waals surface area contributed by atoms with Gasteiger partial charge in [0.15, 0.2) is 17.3 Å². The summed E-state index contributed by atoms with van der Waals surface area (Å²) < 4.78 is 21.8. The molecule has 1 fully saturated rings. The lowest BCUT2D eigenvalue weighted by Gasteiger charge is -2.27. The fourth-order valence-corrected chi connectivity index (χ4v) is 4.04. The predicted octanol–water partition coefficient (Wildman–Crippen LogP) is 4.70. The summed E-state index contributed by atoms with van der Waals surface area (Å²) in [6, 6.07) is 6.80. The molecule has 1 aliphatic heterocycles. The minimum Gasteiger partial charge on any atom is -0.507 e. The number of phenols is 1. The lowest BCUT2D eigenvalue weighted by Crippen LogP contribution is -2.29. The van der Waals surface area contributed by atoms with Crippen molar-refractivity contribution in [3.05, 3.63) is 47.0 Å². The molecule has 1 aliphatic rings. The third kappa shape index (κ3) is 5.99. The van der Waals surface area contributed by atoms with Gasteiger partial charge in [0, 0.05) is 18.2 Å². The molecule has 0 bridgehead atoms. The van der Waals surface area contributed by atoms with Crippen molar-refractivity contribution < 1.29 is 28.8 Å². The molecular weight excluding hydrogens is 422 g/mol. The average Bonchev–Trinajstić information content (AvgIpc) is 2.84. The Labute approximate surface area is 195 Å². The first kappa shape index (κ1) is 24.5. The molecule has 7 heteroatoms. The van der Waals surface area contributed by atoms with Crippen molar-refractivity contribution in [2.75, 3.05) is 41.0 Å². The summed E-state index contributed by atoms with van der Waals surface area (Å²) in [4.78, 5) is 15.4. The van der Waals surface area contributed by atoms with Crippen molar-refractivity contribution >= 4 is 11.9 Å². The zero-order valence-corrected chi connectivity index (χ0v) is 19.8. The van der Waals surface area contributed by atoms with E-state index in [4.69, 9.17) is 18.9 Å². The van der Waals surface area contributed by atoms with Gasteiger partial charge >= 0.3 is 0 Å². The van der Waals surface area contributed by atoms with Crippen molar-refractivity contribution in [2.24, 2.45) is 0 Å². The van der Waals surface area contributed by atoms with Crippen LogP contribution < -0.4 is 18.9 Å². The summed E-state index contributed by atoms with van der Waals surface area (Å²) in [5.41, 5.74) is 1.85. The second-order valence-corrected chi connectivity index (χ2v) is 7.90. The lowest BCUT2D eigenvalue weighted by atomic mass is 10.0. The zero-order chi connectivity index (χ0) is 23.8. The zero-order valence-electron chi connectivity index (χ0n) is 19.8. The van der Waals surface area contributed by atoms with Crippen LogP contribution in [0, 0.1) is 0 Å². The molecule has 0 unspecified atom stereocenters. The maximum Gasteiger partial charge on any atom is 0.203 e. The normalized spacial score (nSPS) is 14.3. The van der Waals surface area contributed by atoms with Gasteiger partial charge in [-0.1, -0.05) is 12.5 Å².